The van der Waals surface area contributed by atoms with Gasteiger partial charge >= 0.3 is 0 Å². The van der Waals surface area contributed by atoms with Crippen LogP contribution in [0.3, 0.4) is 0 Å². The summed E-state index contributed by atoms with van der Waals surface area (Å²) >= 11 is 6.00. The number of benzene rings is 1. The van der Waals surface area contributed by atoms with Crippen LogP contribution in [0.15, 0.2) is 39.9 Å². The van der Waals surface area contributed by atoms with E-state index in [1.807, 2.05) is 12.1 Å². The van der Waals surface area contributed by atoms with E-state index < -0.39 is 0 Å². The number of hydrogen-bond acceptors (Lipinski definition) is 3. The van der Waals surface area contributed by atoms with E-state index in [-0.39, 0.29) is 10.8 Å². The second-order valence-corrected chi connectivity index (χ2v) is 8.37. The van der Waals surface area contributed by atoms with Gasteiger partial charge in [-0.25, -0.2) is 4.98 Å². The molecule has 5 nitrogen and oxygen atoms in total. The molecular formula is C20H27ClN4O. The first-order chi connectivity index (χ1) is 12.3. The van der Waals surface area contributed by atoms with Crippen molar-refractivity contribution in [3.05, 3.63) is 52.7 Å². The smallest absolute Gasteiger partial charge is 0.213 e. The highest BCUT2D eigenvalue weighted by Crippen LogP contribution is 2.47. The summed E-state index contributed by atoms with van der Waals surface area (Å²) in [6.07, 6.45) is 4.15. The Morgan fingerprint density at radius 2 is 1.92 bits per heavy atom. The molecule has 1 aliphatic carbocycles. The number of hydrogen-bond donors (Lipinski definition) is 2. The van der Waals surface area contributed by atoms with E-state index in [2.05, 4.69) is 53.5 Å². The molecule has 0 radical (unpaired) electrons. The van der Waals surface area contributed by atoms with Crippen LogP contribution in [0.1, 0.15) is 50.8 Å². The summed E-state index contributed by atoms with van der Waals surface area (Å²) < 4.78 is 5.81. The summed E-state index contributed by atoms with van der Waals surface area (Å²) in [6.45, 7) is 7.67. The first-order valence-corrected chi connectivity index (χ1v) is 9.36. The van der Waals surface area contributed by atoms with Crippen molar-refractivity contribution in [2.75, 3.05) is 13.6 Å². The number of rotatable bonds is 5. The molecule has 0 aliphatic heterocycles. The van der Waals surface area contributed by atoms with Crippen LogP contribution < -0.4 is 10.6 Å². The fourth-order valence-electron chi connectivity index (χ4n) is 2.89. The number of oxazole rings is 1. The Bertz CT molecular complexity index is 770. The summed E-state index contributed by atoms with van der Waals surface area (Å²) in [5, 5.41) is 7.48. The lowest BCUT2D eigenvalue weighted by atomic mass is 9.94. The molecule has 2 N–H and O–H groups in total. The number of halogens is 1. The normalized spacial score (nSPS) is 16.4. The lowest BCUT2D eigenvalue weighted by Crippen LogP contribution is -2.40. The monoisotopic (exact) mass is 374 g/mol. The van der Waals surface area contributed by atoms with Crippen molar-refractivity contribution in [2.45, 2.75) is 51.0 Å². The number of aliphatic imine (C=N–C) groups is 1. The highest BCUT2D eigenvalue weighted by molar-refractivity contribution is 6.30. The minimum absolute atomic E-state index is 0.0396. The summed E-state index contributed by atoms with van der Waals surface area (Å²) in [5.74, 6) is 2.30. The Kier molecular flexibility index (Phi) is 5.28. The van der Waals surface area contributed by atoms with Gasteiger partial charge < -0.3 is 15.1 Å². The Hall–Kier alpha value is -2.01. The molecule has 0 spiro atoms. The maximum atomic E-state index is 6.00. The number of nitrogens with zero attached hydrogens (tertiary/aromatic N) is 2. The fourth-order valence-corrected chi connectivity index (χ4v) is 3.02. The van der Waals surface area contributed by atoms with Gasteiger partial charge in [0.2, 0.25) is 5.89 Å². The van der Waals surface area contributed by atoms with Gasteiger partial charge in [-0.3, -0.25) is 4.99 Å². The van der Waals surface area contributed by atoms with Gasteiger partial charge in [0.05, 0.1) is 12.7 Å². The standard InChI is InChI=1S/C20H27ClN4O/c1-19(2,3)16-11-23-17(26-16)12-24-18(22-4)25-13-20(9-10-20)14-5-7-15(21)8-6-14/h5-8,11H,9-10,12-13H2,1-4H3,(H2,22,24,25). The predicted octanol–water partition coefficient (Wildman–Crippen LogP) is 4.02. The average molecular weight is 375 g/mol. The van der Waals surface area contributed by atoms with Gasteiger partial charge in [0.25, 0.3) is 0 Å². The van der Waals surface area contributed by atoms with Crippen molar-refractivity contribution >= 4 is 17.6 Å². The van der Waals surface area contributed by atoms with E-state index >= 15 is 0 Å². The van der Waals surface area contributed by atoms with Crippen molar-refractivity contribution < 1.29 is 4.42 Å². The van der Waals surface area contributed by atoms with Crippen LogP contribution in [-0.4, -0.2) is 24.5 Å². The third-order valence-electron chi connectivity index (χ3n) is 4.83. The van der Waals surface area contributed by atoms with Gasteiger partial charge in [-0.15, -0.1) is 0 Å². The largest absolute Gasteiger partial charge is 0.443 e. The van der Waals surface area contributed by atoms with Gasteiger partial charge in [0.15, 0.2) is 5.96 Å². The van der Waals surface area contributed by atoms with E-state index in [0.29, 0.717) is 12.4 Å². The third-order valence-corrected chi connectivity index (χ3v) is 5.08. The topological polar surface area (TPSA) is 62.5 Å². The first kappa shape index (κ1) is 18.8. The Morgan fingerprint density at radius 3 is 2.46 bits per heavy atom. The zero-order chi connectivity index (χ0) is 18.8. The van der Waals surface area contributed by atoms with Crippen LogP contribution in [0, 0.1) is 0 Å². The molecule has 0 amide bonds. The molecule has 1 aromatic carbocycles. The molecule has 3 rings (SSSR count). The van der Waals surface area contributed by atoms with E-state index in [1.165, 1.54) is 18.4 Å². The average Bonchev–Trinajstić information content (AvgIpc) is 3.22. The molecule has 140 valence electrons. The molecule has 1 heterocycles. The van der Waals surface area contributed by atoms with Crippen LogP contribution in [0.2, 0.25) is 5.02 Å². The Balaban J connectivity index is 1.54. The third kappa shape index (κ3) is 4.39. The van der Waals surface area contributed by atoms with Crippen LogP contribution in [0.25, 0.3) is 0 Å². The minimum atomic E-state index is -0.0396. The fraction of sp³-hybridized carbons (Fsp3) is 0.500. The van der Waals surface area contributed by atoms with Crippen molar-refractivity contribution in [1.82, 2.24) is 15.6 Å². The maximum absolute atomic E-state index is 6.00. The lowest BCUT2D eigenvalue weighted by Gasteiger charge is -2.19. The Morgan fingerprint density at radius 1 is 1.23 bits per heavy atom. The number of nitrogens with one attached hydrogen (secondary N) is 2. The highest BCUT2D eigenvalue weighted by Gasteiger charge is 2.44. The molecule has 2 aromatic rings. The molecule has 1 saturated carbocycles. The molecule has 1 aliphatic rings. The quantitative estimate of drug-likeness (QED) is 0.612. The Labute approximate surface area is 160 Å². The summed E-state index contributed by atoms with van der Waals surface area (Å²) in [6, 6.07) is 8.15. The van der Waals surface area contributed by atoms with E-state index in [4.69, 9.17) is 16.0 Å². The lowest BCUT2D eigenvalue weighted by molar-refractivity contribution is 0.379. The summed E-state index contributed by atoms with van der Waals surface area (Å²) in [7, 11) is 1.77. The highest BCUT2D eigenvalue weighted by atomic mass is 35.5. The second-order valence-electron chi connectivity index (χ2n) is 7.93. The van der Waals surface area contributed by atoms with E-state index in [0.717, 1.165) is 23.3 Å². The van der Waals surface area contributed by atoms with Crippen LogP contribution in [-0.2, 0) is 17.4 Å². The summed E-state index contributed by atoms with van der Waals surface area (Å²) in [4.78, 5) is 8.64. The van der Waals surface area contributed by atoms with Crippen molar-refractivity contribution in [3.63, 3.8) is 0 Å². The van der Waals surface area contributed by atoms with Gasteiger partial charge in [-0.1, -0.05) is 44.5 Å². The van der Waals surface area contributed by atoms with E-state index in [1.54, 1.807) is 13.2 Å². The molecule has 6 heteroatoms. The molecule has 0 bridgehead atoms. The molecule has 0 atom stereocenters. The molecular weight excluding hydrogens is 348 g/mol. The zero-order valence-corrected chi connectivity index (χ0v) is 16.7. The van der Waals surface area contributed by atoms with Crippen molar-refractivity contribution in [2.24, 2.45) is 4.99 Å². The molecule has 1 aromatic heterocycles. The maximum Gasteiger partial charge on any atom is 0.213 e. The predicted molar refractivity (Wildman–Crippen MR) is 106 cm³/mol. The number of aromatic nitrogens is 1. The molecule has 26 heavy (non-hydrogen) atoms. The zero-order valence-electron chi connectivity index (χ0n) is 15.9. The van der Waals surface area contributed by atoms with Gasteiger partial charge in [-0.2, -0.15) is 0 Å². The summed E-state index contributed by atoms with van der Waals surface area (Å²) in [5.41, 5.74) is 1.47. The van der Waals surface area contributed by atoms with E-state index in [9.17, 15) is 0 Å². The van der Waals surface area contributed by atoms with Gasteiger partial charge in [-0.05, 0) is 30.5 Å². The minimum Gasteiger partial charge on any atom is -0.443 e. The van der Waals surface area contributed by atoms with Crippen LogP contribution in [0.4, 0.5) is 0 Å². The SMILES string of the molecule is CN=C(NCc1ncc(C(C)(C)C)o1)NCC1(c2ccc(Cl)cc2)CC1. The molecule has 0 unspecified atom stereocenters. The number of guanidine groups is 1. The molecule has 1 fully saturated rings. The molecule has 0 saturated heterocycles. The first-order valence-electron chi connectivity index (χ1n) is 8.98. The van der Waals surface area contributed by atoms with Crippen molar-refractivity contribution in [1.29, 1.82) is 0 Å². The van der Waals surface area contributed by atoms with Gasteiger partial charge in [0.1, 0.15) is 5.76 Å². The van der Waals surface area contributed by atoms with Crippen LogP contribution >= 0.6 is 11.6 Å². The van der Waals surface area contributed by atoms with Crippen LogP contribution in [0.5, 0.6) is 0 Å². The van der Waals surface area contributed by atoms with Crippen molar-refractivity contribution in [3.8, 4) is 0 Å². The second kappa shape index (κ2) is 7.31. The van der Waals surface area contributed by atoms with Gasteiger partial charge in [0, 0.05) is 29.4 Å².